The highest BCUT2D eigenvalue weighted by Crippen LogP contribution is 2.20. The van der Waals surface area contributed by atoms with Gasteiger partial charge in [0.1, 0.15) is 12.7 Å². The van der Waals surface area contributed by atoms with Gasteiger partial charge in [-0.2, -0.15) is 5.10 Å². The van der Waals surface area contributed by atoms with E-state index < -0.39 is 0 Å². The first-order chi connectivity index (χ1) is 7.31. The number of halogens is 1. The zero-order valence-electron chi connectivity index (χ0n) is 8.31. The third kappa shape index (κ3) is 2.16. The molecule has 4 nitrogen and oxygen atoms in total. The Morgan fingerprint density at radius 1 is 1.47 bits per heavy atom. The predicted octanol–water partition coefficient (Wildman–Crippen LogP) is 1.64. The smallest absolute Gasteiger partial charge is 0.138 e. The second-order valence-corrected chi connectivity index (χ2v) is 3.56. The molecular formula is C10H11ClN4. The van der Waals surface area contributed by atoms with E-state index in [1.807, 2.05) is 25.2 Å². The average Bonchev–Trinajstić information content (AvgIpc) is 2.71. The lowest BCUT2D eigenvalue weighted by molar-refractivity contribution is 0.815. The molecule has 0 aliphatic carbocycles. The van der Waals surface area contributed by atoms with Gasteiger partial charge < -0.3 is 5.32 Å². The maximum Gasteiger partial charge on any atom is 0.138 e. The Labute approximate surface area is 92.9 Å². The summed E-state index contributed by atoms with van der Waals surface area (Å²) in [5.41, 5.74) is 1.99. The second kappa shape index (κ2) is 4.42. The number of nitrogens with zero attached hydrogens (tertiary/aromatic N) is 3. The van der Waals surface area contributed by atoms with Gasteiger partial charge in [0, 0.05) is 6.54 Å². The van der Waals surface area contributed by atoms with E-state index in [0.717, 1.165) is 17.8 Å². The first kappa shape index (κ1) is 10.1. The van der Waals surface area contributed by atoms with Crippen LogP contribution in [-0.4, -0.2) is 21.8 Å². The maximum atomic E-state index is 6.14. The quantitative estimate of drug-likeness (QED) is 0.859. The Bertz CT molecular complexity index is 439. The van der Waals surface area contributed by atoms with Gasteiger partial charge >= 0.3 is 0 Å². The second-order valence-electron chi connectivity index (χ2n) is 3.16. The van der Waals surface area contributed by atoms with Gasteiger partial charge in [0.05, 0.1) is 10.7 Å². The predicted molar refractivity (Wildman–Crippen MR) is 59.1 cm³/mol. The number of rotatable bonds is 3. The third-order valence-corrected chi connectivity index (χ3v) is 2.36. The molecule has 5 heteroatoms. The van der Waals surface area contributed by atoms with Crippen molar-refractivity contribution in [3.05, 3.63) is 41.4 Å². The van der Waals surface area contributed by atoms with Gasteiger partial charge in [-0.1, -0.05) is 17.7 Å². The van der Waals surface area contributed by atoms with Gasteiger partial charge in [-0.25, -0.2) is 9.67 Å². The number of hydrogen-bond donors (Lipinski definition) is 1. The van der Waals surface area contributed by atoms with Crippen LogP contribution < -0.4 is 5.32 Å². The zero-order valence-corrected chi connectivity index (χ0v) is 9.07. The standard InChI is InChI=1S/C10H11ClN4/c1-12-5-8-2-3-10(9(11)4-8)15-7-13-6-14-15/h2-4,6-7,12H,5H2,1H3. The fourth-order valence-electron chi connectivity index (χ4n) is 1.38. The summed E-state index contributed by atoms with van der Waals surface area (Å²) in [6.07, 6.45) is 3.11. The molecule has 1 N–H and O–H groups in total. The molecule has 15 heavy (non-hydrogen) atoms. The maximum absolute atomic E-state index is 6.14. The molecule has 0 atom stereocenters. The molecule has 0 aliphatic rings. The fourth-order valence-corrected chi connectivity index (χ4v) is 1.67. The molecule has 0 bridgehead atoms. The van der Waals surface area contributed by atoms with Crippen molar-refractivity contribution >= 4 is 11.6 Å². The first-order valence-corrected chi connectivity index (χ1v) is 4.97. The summed E-state index contributed by atoms with van der Waals surface area (Å²) >= 11 is 6.14. The molecule has 0 radical (unpaired) electrons. The normalized spacial score (nSPS) is 10.5. The largest absolute Gasteiger partial charge is 0.316 e. The van der Waals surface area contributed by atoms with E-state index in [1.54, 1.807) is 11.0 Å². The molecule has 0 spiro atoms. The van der Waals surface area contributed by atoms with Crippen LogP contribution in [0.5, 0.6) is 0 Å². The van der Waals surface area contributed by atoms with Crippen molar-refractivity contribution in [2.75, 3.05) is 7.05 Å². The van der Waals surface area contributed by atoms with E-state index >= 15 is 0 Å². The van der Waals surface area contributed by atoms with E-state index in [1.165, 1.54) is 6.33 Å². The summed E-state index contributed by atoms with van der Waals surface area (Å²) in [5.74, 6) is 0. The summed E-state index contributed by atoms with van der Waals surface area (Å²) in [5, 5.41) is 7.77. The summed E-state index contributed by atoms with van der Waals surface area (Å²) in [6, 6.07) is 5.87. The molecule has 0 aliphatic heterocycles. The van der Waals surface area contributed by atoms with E-state index in [4.69, 9.17) is 11.6 Å². The van der Waals surface area contributed by atoms with Gasteiger partial charge in [-0.3, -0.25) is 0 Å². The van der Waals surface area contributed by atoms with Crippen molar-refractivity contribution in [2.24, 2.45) is 0 Å². The van der Waals surface area contributed by atoms with Crippen LogP contribution in [0, 0.1) is 0 Å². The minimum Gasteiger partial charge on any atom is -0.316 e. The minimum absolute atomic E-state index is 0.674. The lowest BCUT2D eigenvalue weighted by Crippen LogP contribution is -2.05. The van der Waals surface area contributed by atoms with Crippen molar-refractivity contribution in [3.8, 4) is 5.69 Å². The molecule has 78 valence electrons. The zero-order chi connectivity index (χ0) is 10.7. The Morgan fingerprint density at radius 2 is 2.33 bits per heavy atom. The first-order valence-electron chi connectivity index (χ1n) is 4.59. The van der Waals surface area contributed by atoms with Crippen molar-refractivity contribution < 1.29 is 0 Å². The molecule has 1 aromatic heterocycles. The lowest BCUT2D eigenvalue weighted by Gasteiger charge is -2.06. The van der Waals surface area contributed by atoms with Crippen LogP contribution in [0.15, 0.2) is 30.9 Å². The Morgan fingerprint density at radius 3 is 2.93 bits per heavy atom. The average molecular weight is 223 g/mol. The SMILES string of the molecule is CNCc1ccc(-n2cncn2)c(Cl)c1. The van der Waals surface area contributed by atoms with Crippen molar-refractivity contribution in [1.82, 2.24) is 20.1 Å². The minimum atomic E-state index is 0.674. The van der Waals surface area contributed by atoms with Gasteiger partial charge in [-0.15, -0.1) is 0 Å². The Hall–Kier alpha value is -1.39. The summed E-state index contributed by atoms with van der Waals surface area (Å²) < 4.78 is 1.64. The molecule has 2 rings (SSSR count). The van der Waals surface area contributed by atoms with Crippen LogP contribution in [0.1, 0.15) is 5.56 Å². The topological polar surface area (TPSA) is 42.7 Å². The van der Waals surface area contributed by atoms with Crippen LogP contribution in [0.2, 0.25) is 5.02 Å². The molecular weight excluding hydrogens is 212 g/mol. The van der Waals surface area contributed by atoms with E-state index in [9.17, 15) is 0 Å². The Kier molecular flexibility index (Phi) is 2.99. The van der Waals surface area contributed by atoms with Gasteiger partial charge in [-0.05, 0) is 24.7 Å². The third-order valence-electron chi connectivity index (χ3n) is 2.06. The summed E-state index contributed by atoms with van der Waals surface area (Å²) in [6.45, 7) is 0.803. The van der Waals surface area contributed by atoms with Crippen LogP contribution in [0.25, 0.3) is 5.69 Å². The van der Waals surface area contributed by atoms with Crippen molar-refractivity contribution in [1.29, 1.82) is 0 Å². The van der Waals surface area contributed by atoms with Crippen LogP contribution in [0.4, 0.5) is 0 Å². The van der Waals surface area contributed by atoms with E-state index in [0.29, 0.717) is 5.02 Å². The highest BCUT2D eigenvalue weighted by Gasteiger charge is 2.03. The highest BCUT2D eigenvalue weighted by atomic mass is 35.5. The van der Waals surface area contributed by atoms with Crippen LogP contribution >= 0.6 is 11.6 Å². The Balaban J connectivity index is 2.35. The van der Waals surface area contributed by atoms with Crippen LogP contribution in [-0.2, 0) is 6.54 Å². The number of benzene rings is 1. The molecule has 0 amide bonds. The van der Waals surface area contributed by atoms with E-state index in [2.05, 4.69) is 15.4 Å². The monoisotopic (exact) mass is 222 g/mol. The molecule has 0 saturated heterocycles. The van der Waals surface area contributed by atoms with Gasteiger partial charge in [0.15, 0.2) is 0 Å². The summed E-state index contributed by atoms with van der Waals surface area (Å²) in [7, 11) is 1.90. The number of nitrogens with one attached hydrogen (secondary N) is 1. The van der Waals surface area contributed by atoms with Crippen LogP contribution in [0.3, 0.4) is 0 Å². The molecule has 1 heterocycles. The summed E-state index contributed by atoms with van der Waals surface area (Å²) in [4.78, 5) is 3.88. The molecule has 2 aromatic rings. The van der Waals surface area contributed by atoms with Crippen molar-refractivity contribution in [3.63, 3.8) is 0 Å². The molecule has 1 aromatic carbocycles. The van der Waals surface area contributed by atoms with Gasteiger partial charge in [0.2, 0.25) is 0 Å². The van der Waals surface area contributed by atoms with E-state index in [-0.39, 0.29) is 0 Å². The molecule has 0 saturated carbocycles. The van der Waals surface area contributed by atoms with Gasteiger partial charge in [0.25, 0.3) is 0 Å². The molecule has 0 unspecified atom stereocenters. The molecule has 0 fully saturated rings. The number of hydrogen-bond acceptors (Lipinski definition) is 3. The number of aromatic nitrogens is 3. The highest BCUT2D eigenvalue weighted by molar-refractivity contribution is 6.32. The fraction of sp³-hybridized carbons (Fsp3) is 0.200. The lowest BCUT2D eigenvalue weighted by atomic mass is 10.2. The van der Waals surface area contributed by atoms with Crippen molar-refractivity contribution in [2.45, 2.75) is 6.54 Å².